The number of nitriles is 1. The number of thiophene rings is 1. The third-order valence-corrected chi connectivity index (χ3v) is 5.60. The van der Waals surface area contributed by atoms with Crippen molar-refractivity contribution in [3.63, 3.8) is 0 Å². The normalized spacial score (nSPS) is 13.0. The van der Waals surface area contributed by atoms with E-state index in [4.69, 9.17) is 4.74 Å². The number of ether oxygens (including phenoxy) is 1. The fourth-order valence-corrected chi connectivity index (χ4v) is 4.34. The summed E-state index contributed by atoms with van der Waals surface area (Å²) >= 11 is 1.51. The molecule has 1 amide bonds. The lowest BCUT2D eigenvalue weighted by Crippen LogP contribution is -2.12. The van der Waals surface area contributed by atoms with Crippen LogP contribution < -0.4 is 10.1 Å². The highest BCUT2D eigenvalue weighted by Crippen LogP contribution is 2.37. The predicted octanol–water partition coefficient (Wildman–Crippen LogP) is 4.22. The van der Waals surface area contributed by atoms with Crippen molar-refractivity contribution in [1.82, 2.24) is 0 Å². The molecule has 2 aromatic rings. The quantitative estimate of drug-likeness (QED) is 0.870. The van der Waals surface area contributed by atoms with Gasteiger partial charge < -0.3 is 10.1 Å². The molecule has 1 aliphatic rings. The molecule has 1 N–H and O–H groups in total. The van der Waals surface area contributed by atoms with Crippen molar-refractivity contribution >= 4 is 22.2 Å². The van der Waals surface area contributed by atoms with Crippen molar-refractivity contribution in [1.29, 1.82) is 5.26 Å². The van der Waals surface area contributed by atoms with E-state index < -0.39 is 5.82 Å². The van der Waals surface area contributed by atoms with Crippen molar-refractivity contribution in [2.45, 2.75) is 38.5 Å². The first-order chi connectivity index (χ1) is 12.1. The van der Waals surface area contributed by atoms with Gasteiger partial charge in [-0.15, -0.1) is 11.3 Å². The maximum absolute atomic E-state index is 13.7. The molecule has 3 rings (SSSR count). The van der Waals surface area contributed by atoms with Crippen LogP contribution in [0.1, 0.15) is 40.8 Å². The number of benzene rings is 1. The number of fused-ring (bicyclic) bond motifs is 1. The van der Waals surface area contributed by atoms with Crippen molar-refractivity contribution < 1.29 is 13.9 Å². The van der Waals surface area contributed by atoms with E-state index in [0.717, 1.165) is 36.8 Å². The first-order valence-electron chi connectivity index (χ1n) is 8.29. The number of rotatable bonds is 5. The highest BCUT2D eigenvalue weighted by atomic mass is 32.1. The molecular formula is C19H19FN2O2S. The number of carbonyl (C=O) groups excluding carboxylic acids is 1. The number of aryl methyl sites for hydroxylation is 2. The molecule has 25 heavy (non-hydrogen) atoms. The highest BCUT2D eigenvalue weighted by molar-refractivity contribution is 7.16. The second kappa shape index (κ2) is 7.66. The van der Waals surface area contributed by atoms with Crippen LogP contribution in [0.2, 0.25) is 0 Å². The van der Waals surface area contributed by atoms with Gasteiger partial charge in [-0.1, -0.05) is 6.07 Å². The number of nitrogens with one attached hydrogen (secondary N) is 1. The molecule has 1 heterocycles. The molecule has 130 valence electrons. The minimum absolute atomic E-state index is 0.161. The summed E-state index contributed by atoms with van der Waals surface area (Å²) in [5.41, 5.74) is 2.45. The minimum Gasteiger partial charge on any atom is -0.494 e. The topological polar surface area (TPSA) is 62.1 Å². The van der Waals surface area contributed by atoms with Gasteiger partial charge in [0.15, 0.2) is 11.6 Å². The molecule has 0 atom stereocenters. The lowest BCUT2D eigenvalue weighted by Gasteiger charge is -2.09. The number of hydrogen-bond acceptors (Lipinski definition) is 4. The molecule has 1 aromatic carbocycles. The Kier molecular flexibility index (Phi) is 5.34. The summed E-state index contributed by atoms with van der Waals surface area (Å²) in [6.07, 6.45) is 4.79. The summed E-state index contributed by atoms with van der Waals surface area (Å²) in [6, 6.07) is 6.93. The molecule has 0 bridgehead atoms. The van der Waals surface area contributed by atoms with Crippen LogP contribution in [0.25, 0.3) is 0 Å². The Bertz CT molecular complexity index is 839. The van der Waals surface area contributed by atoms with Crippen molar-refractivity contribution in [2.24, 2.45) is 0 Å². The number of hydrogen-bond donors (Lipinski definition) is 1. The van der Waals surface area contributed by atoms with Gasteiger partial charge in [0.1, 0.15) is 11.1 Å². The minimum atomic E-state index is -0.432. The van der Waals surface area contributed by atoms with Crippen molar-refractivity contribution in [2.75, 3.05) is 12.4 Å². The summed E-state index contributed by atoms with van der Waals surface area (Å²) in [5.74, 6) is -0.402. The standard InChI is InChI=1S/C19H19FN2O2S/c1-24-16-8-6-12(10-15(16)20)7-9-18(23)22-19-14(11-21)13-4-2-3-5-17(13)25-19/h6,8,10H,2-5,7,9H2,1H3,(H,22,23). The van der Waals surface area contributed by atoms with Gasteiger partial charge in [-0.2, -0.15) is 5.26 Å². The largest absolute Gasteiger partial charge is 0.494 e. The number of halogens is 1. The number of nitrogens with zero attached hydrogens (tertiary/aromatic N) is 1. The zero-order chi connectivity index (χ0) is 17.8. The maximum atomic E-state index is 13.7. The van der Waals surface area contributed by atoms with E-state index in [2.05, 4.69) is 11.4 Å². The van der Waals surface area contributed by atoms with Crippen LogP contribution in [0.4, 0.5) is 9.39 Å². The third kappa shape index (κ3) is 3.83. The number of amides is 1. The fraction of sp³-hybridized carbons (Fsp3) is 0.368. The summed E-state index contributed by atoms with van der Waals surface area (Å²) in [5, 5.41) is 12.9. The van der Waals surface area contributed by atoms with E-state index in [1.54, 1.807) is 12.1 Å². The van der Waals surface area contributed by atoms with Gasteiger partial charge >= 0.3 is 0 Å². The average Bonchev–Trinajstić information content (AvgIpc) is 2.97. The molecule has 0 saturated carbocycles. The van der Waals surface area contributed by atoms with E-state index in [-0.39, 0.29) is 18.1 Å². The van der Waals surface area contributed by atoms with E-state index in [1.807, 2.05) is 0 Å². The van der Waals surface area contributed by atoms with Crippen LogP contribution in [-0.4, -0.2) is 13.0 Å². The van der Waals surface area contributed by atoms with Crippen LogP contribution >= 0.6 is 11.3 Å². The van der Waals surface area contributed by atoms with Crippen LogP contribution in [0.5, 0.6) is 5.75 Å². The average molecular weight is 358 g/mol. The van der Waals surface area contributed by atoms with Gasteiger partial charge in [0.05, 0.1) is 12.7 Å². The lowest BCUT2D eigenvalue weighted by atomic mass is 9.96. The number of methoxy groups -OCH3 is 1. The molecule has 0 aliphatic heterocycles. The molecule has 1 aliphatic carbocycles. The van der Waals surface area contributed by atoms with Crippen LogP contribution in [-0.2, 0) is 24.1 Å². The van der Waals surface area contributed by atoms with E-state index >= 15 is 0 Å². The zero-order valence-electron chi connectivity index (χ0n) is 14.0. The van der Waals surface area contributed by atoms with E-state index in [9.17, 15) is 14.4 Å². The van der Waals surface area contributed by atoms with Gasteiger partial charge in [-0.3, -0.25) is 4.79 Å². The van der Waals surface area contributed by atoms with Gasteiger partial charge in [0.2, 0.25) is 5.91 Å². The Labute approximate surface area is 150 Å². The molecule has 0 unspecified atom stereocenters. The van der Waals surface area contributed by atoms with Crippen molar-refractivity contribution in [3.8, 4) is 11.8 Å². The first kappa shape index (κ1) is 17.4. The van der Waals surface area contributed by atoms with Gasteiger partial charge in [-0.25, -0.2) is 4.39 Å². The Morgan fingerprint density at radius 2 is 2.20 bits per heavy atom. The molecule has 0 spiro atoms. The lowest BCUT2D eigenvalue weighted by molar-refractivity contribution is -0.116. The van der Waals surface area contributed by atoms with Crippen LogP contribution in [0, 0.1) is 17.1 Å². The summed E-state index contributed by atoms with van der Waals surface area (Å²) in [7, 11) is 1.42. The Hall–Kier alpha value is -2.39. The van der Waals surface area contributed by atoms with E-state index in [1.165, 1.54) is 29.4 Å². The predicted molar refractivity (Wildman–Crippen MR) is 95.6 cm³/mol. The molecule has 6 heteroatoms. The van der Waals surface area contributed by atoms with Crippen molar-refractivity contribution in [3.05, 3.63) is 45.6 Å². The Balaban J connectivity index is 1.64. The third-order valence-electron chi connectivity index (χ3n) is 4.39. The molecule has 0 fully saturated rings. The Morgan fingerprint density at radius 1 is 1.40 bits per heavy atom. The molecule has 4 nitrogen and oxygen atoms in total. The summed E-state index contributed by atoms with van der Waals surface area (Å²) in [4.78, 5) is 13.5. The summed E-state index contributed by atoms with van der Waals surface area (Å²) in [6.45, 7) is 0. The van der Waals surface area contributed by atoms with Gasteiger partial charge in [0.25, 0.3) is 0 Å². The molecular weight excluding hydrogens is 339 g/mol. The van der Waals surface area contributed by atoms with E-state index in [0.29, 0.717) is 17.0 Å². The summed E-state index contributed by atoms with van der Waals surface area (Å²) < 4.78 is 18.6. The van der Waals surface area contributed by atoms with Crippen LogP contribution in [0.15, 0.2) is 18.2 Å². The highest BCUT2D eigenvalue weighted by Gasteiger charge is 2.21. The molecule has 0 radical (unpaired) electrons. The first-order valence-corrected chi connectivity index (χ1v) is 9.11. The maximum Gasteiger partial charge on any atom is 0.225 e. The van der Waals surface area contributed by atoms with Gasteiger partial charge in [0, 0.05) is 11.3 Å². The SMILES string of the molecule is COc1ccc(CCC(=O)Nc2sc3c(c2C#N)CCCC3)cc1F. The number of carbonyl (C=O) groups is 1. The fourth-order valence-electron chi connectivity index (χ4n) is 3.08. The smallest absolute Gasteiger partial charge is 0.225 e. The zero-order valence-corrected chi connectivity index (χ0v) is 14.8. The van der Waals surface area contributed by atoms with Gasteiger partial charge in [-0.05, 0) is 55.4 Å². The van der Waals surface area contributed by atoms with Crippen LogP contribution in [0.3, 0.4) is 0 Å². The number of anilines is 1. The second-order valence-electron chi connectivity index (χ2n) is 6.04. The second-order valence-corrected chi connectivity index (χ2v) is 7.15. The molecule has 1 aromatic heterocycles. The molecule has 0 saturated heterocycles. The monoisotopic (exact) mass is 358 g/mol. The Morgan fingerprint density at radius 3 is 2.92 bits per heavy atom.